The van der Waals surface area contributed by atoms with E-state index in [-0.39, 0.29) is 5.56 Å². The Labute approximate surface area is 129 Å². The smallest absolute Gasteiger partial charge is 0.251 e. The SMILES string of the molecule is CCc1cc2ccc(CNCc3ccncc3)cc2[nH]c1=O. The molecule has 2 heterocycles. The van der Waals surface area contributed by atoms with Crippen LogP contribution in [0.3, 0.4) is 0 Å². The number of aromatic amines is 1. The molecule has 0 amide bonds. The molecule has 0 aliphatic heterocycles. The van der Waals surface area contributed by atoms with Crippen molar-refractivity contribution in [1.29, 1.82) is 0 Å². The van der Waals surface area contributed by atoms with Crippen LogP contribution in [0.1, 0.15) is 23.6 Å². The molecule has 0 saturated carbocycles. The Bertz CT molecular complexity index is 825. The number of aromatic nitrogens is 2. The van der Waals surface area contributed by atoms with Crippen molar-refractivity contribution in [3.63, 3.8) is 0 Å². The first-order chi connectivity index (χ1) is 10.8. The van der Waals surface area contributed by atoms with Crippen molar-refractivity contribution in [3.05, 3.63) is 75.8 Å². The summed E-state index contributed by atoms with van der Waals surface area (Å²) in [7, 11) is 0. The number of nitrogens with zero attached hydrogens (tertiary/aromatic N) is 1. The number of hydrogen-bond donors (Lipinski definition) is 2. The van der Waals surface area contributed by atoms with Crippen molar-refractivity contribution < 1.29 is 0 Å². The summed E-state index contributed by atoms with van der Waals surface area (Å²) < 4.78 is 0. The second-order valence-electron chi connectivity index (χ2n) is 5.36. The maximum atomic E-state index is 11.9. The van der Waals surface area contributed by atoms with Gasteiger partial charge in [0.25, 0.3) is 5.56 Å². The summed E-state index contributed by atoms with van der Waals surface area (Å²) in [5.74, 6) is 0. The second-order valence-corrected chi connectivity index (χ2v) is 5.36. The number of pyridine rings is 2. The van der Waals surface area contributed by atoms with E-state index in [2.05, 4.69) is 27.4 Å². The number of fused-ring (bicyclic) bond motifs is 1. The average molecular weight is 293 g/mol. The van der Waals surface area contributed by atoms with Crippen LogP contribution in [0.5, 0.6) is 0 Å². The highest BCUT2D eigenvalue weighted by Gasteiger charge is 2.02. The molecule has 0 fully saturated rings. The molecule has 3 aromatic rings. The van der Waals surface area contributed by atoms with Gasteiger partial charge in [-0.05, 0) is 47.2 Å². The van der Waals surface area contributed by atoms with Gasteiger partial charge in [0, 0.05) is 36.6 Å². The van der Waals surface area contributed by atoms with Crippen LogP contribution in [0.2, 0.25) is 0 Å². The van der Waals surface area contributed by atoms with Crippen LogP contribution >= 0.6 is 0 Å². The quantitative estimate of drug-likeness (QED) is 0.760. The largest absolute Gasteiger partial charge is 0.322 e. The van der Waals surface area contributed by atoms with Crippen LogP contribution in [0.25, 0.3) is 10.9 Å². The lowest BCUT2D eigenvalue weighted by Crippen LogP contribution is -2.14. The van der Waals surface area contributed by atoms with E-state index in [1.165, 1.54) is 5.56 Å². The van der Waals surface area contributed by atoms with E-state index in [1.807, 2.05) is 31.2 Å². The van der Waals surface area contributed by atoms with Crippen LogP contribution in [-0.4, -0.2) is 9.97 Å². The summed E-state index contributed by atoms with van der Waals surface area (Å²) in [4.78, 5) is 18.9. The van der Waals surface area contributed by atoms with Gasteiger partial charge >= 0.3 is 0 Å². The molecular formula is C18H19N3O. The van der Waals surface area contributed by atoms with E-state index >= 15 is 0 Å². The molecule has 3 rings (SSSR count). The van der Waals surface area contributed by atoms with Gasteiger partial charge in [-0.1, -0.05) is 19.1 Å². The predicted octanol–water partition coefficient (Wildman–Crippen LogP) is 2.78. The molecule has 4 heteroatoms. The molecule has 2 N–H and O–H groups in total. The van der Waals surface area contributed by atoms with Gasteiger partial charge in [-0.2, -0.15) is 0 Å². The third kappa shape index (κ3) is 3.23. The highest BCUT2D eigenvalue weighted by atomic mass is 16.1. The summed E-state index contributed by atoms with van der Waals surface area (Å²) in [5.41, 5.74) is 4.09. The van der Waals surface area contributed by atoms with E-state index in [9.17, 15) is 4.79 Å². The molecular weight excluding hydrogens is 274 g/mol. The highest BCUT2D eigenvalue weighted by Crippen LogP contribution is 2.14. The molecule has 2 aromatic heterocycles. The predicted molar refractivity (Wildman–Crippen MR) is 88.7 cm³/mol. The fourth-order valence-electron chi connectivity index (χ4n) is 2.52. The fraction of sp³-hybridized carbons (Fsp3) is 0.222. The molecule has 1 aromatic carbocycles. The van der Waals surface area contributed by atoms with Gasteiger partial charge in [-0.25, -0.2) is 0 Å². The third-order valence-corrected chi connectivity index (χ3v) is 3.78. The topological polar surface area (TPSA) is 57.8 Å². The Hall–Kier alpha value is -2.46. The average Bonchev–Trinajstić information content (AvgIpc) is 2.55. The molecule has 0 radical (unpaired) electrons. The van der Waals surface area contributed by atoms with Gasteiger partial charge in [0.1, 0.15) is 0 Å². The Kier molecular flexibility index (Phi) is 4.30. The third-order valence-electron chi connectivity index (χ3n) is 3.78. The monoisotopic (exact) mass is 293 g/mol. The molecule has 0 spiro atoms. The molecule has 4 nitrogen and oxygen atoms in total. The molecule has 0 atom stereocenters. The van der Waals surface area contributed by atoms with E-state index in [1.54, 1.807) is 12.4 Å². The molecule has 0 aliphatic carbocycles. The molecule has 0 unspecified atom stereocenters. The summed E-state index contributed by atoms with van der Waals surface area (Å²) in [6.07, 6.45) is 4.34. The first-order valence-electron chi connectivity index (χ1n) is 7.50. The standard InChI is InChI=1S/C18H19N3O/c1-2-15-10-16-4-3-14(9-17(16)21-18(15)22)12-20-11-13-5-7-19-8-6-13/h3-10,20H,2,11-12H2,1H3,(H,21,22). The van der Waals surface area contributed by atoms with Crippen molar-refractivity contribution in [2.24, 2.45) is 0 Å². The summed E-state index contributed by atoms with van der Waals surface area (Å²) in [5, 5.41) is 4.48. The van der Waals surface area contributed by atoms with Crippen molar-refractivity contribution in [2.45, 2.75) is 26.4 Å². The molecule has 0 bridgehead atoms. The Balaban J connectivity index is 1.73. The van der Waals surface area contributed by atoms with Gasteiger partial charge in [-0.15, -0.1) is 0 Å². The van der Waals surface area contributed by atoms with Crippen LogP contribution in [0.4, 0.5) is 0 Å². The zero-order chi connectivity index (χ0) is 15.4. The maximum Gasteiger partial charge on any atom is 0.251 e. The molecule has 112 valence electrons. The Morgan fingerprint density at radius 1 is 1.05 bits per heavy atom. The number of aryl methyl sites for hydroxylation is 1. The van der Waals surface area contributed by atoms with E-state index in [4.69, 9.17) is 0 Å². The first kappa shape index (κ1) is 14.5. The minimum atomic E-state index is 0.0110. The van der Waals surface area contributed by atoms with Gasteiger partial charge in [0.15, 0.2) is 0 Å². The molecule has 0 saturated heterocycles. The fourth-order valence-corrected chi connectivity index (χ4v) is 2.52. The zero-order valence-electron chi connectivity index (χ0n) is 12.6. The Morgan fingerprint density at radius 2 is 1.82 bits per heavy atom. The minimum absolute atomic E-state index is 0.0110. The van der Waals surface area contributed by atoms with E-state index in [0.717, 1.165) is 41.5 Å². The zero-order valence-corrected chi connectivity index (χ0v) is 12.6. The first-order valence-corrected chi connectivity index (χ1v) is 7.50. The number of hydrogen-bond acceptors (Lipinski definition) is 3. The number of H-pyrrole nitrogens is 1. The Morgan fingerprint density at radius 3 is 2.59 bits per heavy atom. The maximum absolute atomic E-state index is 11.9. The number of benzene rings is 1. The van der Waals surface area contributed by atoms with Gasteiger partial charge in [0.05, 0.1) is 0 Å². The number of nitrogens with one attached hydrogen (secondary N) is 2. The number of rotatable bonds is 5. The lowest BCUT2D eigenvalue weighted by atomic mass is 10.1. The van der Waals surface area contributed by atoms with Crippen molar-refractivity contribution in [1.82, 2.24) is 15.3 Å². The van der Waals surface area contributed by atoms with Crippen LogP contribution in [0.15, 0.2) is 53.6 Å². The normalized spacial score (nSPS) is 11.0. The highest BCUT2D eigenvalue weighted by molar-refractivity contribution is 5.79. The molecule has 22 heavy (non-hydrogen) atoms. The second kappa shape index (κ2) is 6.54. The van der Waals surface area contributed by atoms with Crippen LogP contribution < -0.4 is 10.9 Å². The minimum Gasteiger partial charge on any atom is -0.322 e. The summed E-state index contributed by atoms with van der Waals surface area (Å²) in [6, 6.07) is 12.2. The molecule has 0 aliphatic rings. The van der Waals surface area contributed by atoms with Crippen molar-refractivity contribution in [3.8, 4) is 0 Å². The lowest BCUT2D eigenvalue weighted by molar-refractivity contribution is 0.693. The van der Waals surface area contributed by atoms with E-state index in [0.29, 0.717) is 0 Å². The van der Waals surface area contributed by atoms with Gasteiger partial charge in [-0.3, -0.25) is 9.78 Å². The summed E-state index contributed by atoms with van der Waals surface area (Å²) in [6.45, 7) is 3.55. The van der Waals surface area contributed by atoms with Crippen LogP contribution in [0, 0.1) is 0 Å². The van der Waals surface area contributed by atoms with Crippen molar-refractivity contribution in [2.75, 3.05) is 0 Å². The van der Waals surface area contributed by atoms with Crippen molar-refractivity contribution >= 4 is 10.9 Å². The van der Waals surface area contributed by atoms with Gasteiger partial charge in [0.2, 0.25) is 0 Å². The van der Waals surface area contributed by atoms with E-state index < -0.39 is 0 Å². The van der Waals surface area contributed by atoms with Crippen LogP contribution in [-0.2, 0) is 19.5 Å². The summed E-state index contributed by atoms with van der Waals surface area (Å²) >= 11 is 0. The van der Waals surface area contributed by atoms with Gasteiger partial charge < -0.3 is 10.3 Å². The lowest BCUT2D eigenvalue weighted by Gasteiger charge is -2.07.